The van der Waals surface area contributed by atoms with Gasteiger partial charge in [0.1, 0.15) is 6.04 Å². The van der Waals surface area contributed by atoms with Gasteiger partial charge in [0.05, 0.1) is 5.54 Å². The fourth-order valence-electron chi connectivity index (χ4n) is 9.73. The number of hydrogen-bond acceptors (Lipinski definition) is 1. The molecule has 0 unspecified atom stereocenters. The number of hydrogen-bond donors (Lipinski definition) is 0. The van der Waals surface area contributed by atoms with E-state index in [1.807, 2.05) is 0 Å². The van der Waals surface area contributed by atoms with Gasteiger partial charge in [-0.25, -0.2) is 0 Å². The van der Waals surface area contributed by atoms with Crippen molar-refractivity contribution in [2.24, 2.45) is 0 Å². The van der Waals surface area contributed by atoms with Gasteiger partial charge in [-0.2, -0.15) is 0 Å². The number of rotatable bonds is 4. The summed E-state index contributed by atoms with van der Waals surface area (Å²) in [5.41, 5.74) is 18.0. The van der Waals surface area contributed by atoms with Crippen LogP contribution in [0, 0.1) is 6.04 Å². The third-order valence-corrected chi connectivity index (χ3v) is 12.2. The van der Waals surface area contributed by atoms with E-state index >= 15 is 0 Å². The van der Waals surface area contributed by atoms with Crippen LogP contribution >= 0.6 is 0 Å². The highest BCUT2D eigenvalue weighted by Crippen LogP contribution is 2.55. The Morgan fingerprint density at radius 3 is 1.48 bits per heavy atom. The van der Waals surface area contributed by atoms with Crippen molar-refractivity contribution in [3.63, 3.8) is 0 Å². The second-order valence-corrected chi connectivity index (χ2v) is 16.7. The van der Waals surface area contributed by atoms with Crippen LogP contribution in [0.15, 0.2) is 103 Å². The fourth-order valence-corrected chi connectivity index (χ4v) is 9.73. The van der Waals surface area contributed by atoms with Crippen LogP contribution in [0.5, 0.6) is 0 Å². The minimum absolute atomic E-state index is 0.145. The molecule has 48 heavy (non-hydrogen) atoms. The molecule has 5 aromatic carbocycles. The predicted octanol–water partition coefficient (Wildman–Crippen LogP) is 9.41. The molecule has 3 aliphatic rings. The highest BCUT2D eigenvalue weighted by atomic mass is 15.3. The van der Waals surface area contributed by atoms with E-state index in [1.54, 1.807) is 0 Å². The quantitative estimate of drug-likeness (QED) is 0.180. The molecule has 0 saturated heterocycles. The third kappa shape index (κ3) is 4.11. The molecule has 0 aliphatic carbocycles. The van der Waals surface area contributed by atoms with Crippen LogP contribution in [-0.4, -0.2) is 6.71 Å². The van der Waals surface area contributed by atoms with Gasteiger partial charge in [0.15, 0.2) is 0 Å². The first-order valence-electron chi connectivity index (χ1n) is 18.1. The molecule has 3 aliphatic heterocycles. The van der Waals surface area contributed by atoms with Crippen LogP contribution in [0.1, 0.15) is 131 Å². The Kier molecular flexibility index (Phi) is 6.82. The minimum Gasteiger partial charge on any atom is -0.345 e. The number of benzene rings is 5. The van der Waals surface area contributed by atoms with Crippen molar-refractivity contribution in [1.82, 2.24) is 0 Å². The van der Waals surface area contributed by atoms with Gasteiger partial charge < -0.3 is 4.90 Å². The SMILES string of the molecule is CC(C)c1cccc(C(C)C)c1N1[C](c2cc3c4c(c2)C(C)(C)c2ccccc2B4c2ccccc2C3(C)C)c2ccccc2C1(C)C. The summed E-state index contributed by atoms with van der Waals surface area (Å²) < 4.78 is 0. The predicted molar refractivity (Wildman–Crippen MR) is 206 cm³/mol. The lowest BCUT2D eigenvalue weighted by molar-refractivity contribution is 0.529. The standard InChI is InChI=1S/C46H49BN/c1-28(2)31-19-17-20-32(29(3)4)43(31)48-42(33-18-11-12-21-34(33)46(48,9)10)30-26-37-41-38(27-30)45(7,8)36-23-14-16-25-40(36)47(41)39-24-15-13-22-35(39)44(37,5)6/h11-29H,1-10H3. The zero-order valence-corrected chi connectivity index (χ0v) is 30.5. The number of fused-ring (bicyclic) bond motifs is 5. The topological polar surface area (TPSA) is 3.24 Å². The Bertz CT molecular complexity index is 1990. The Balaban J connectivity index is 1.48. The number of anilines is 1. The van der Waals surface area contributed by atoms with E-state index in [-0.39, 0.29) is 23.1 Å². The molecule has 0 spiro atoms. The van der Waals surface area contributed by atoms with Crippen LogP contribution in [0.25, 0.3) is 0 Å². The van der Waals surface area contributed by atoms with E-state index in [9.17, 15) is 0 Å². The van der Waals surface area contributed by atoms with Crippen molar-refractivity contribution in [2.45, 2.75) is 97.4 Å². The van der Waals surface area contributed by atoms with Gasteiger partial charge in [0, 0.05) is 16.5 Å². The van der Waals surface area contributed by atoms with Gasteiger partial charge in [-0.05, 0) is 75.8 Å². The number of para-hydroxylation sites is 1. The van der Waals surface area contributed by atoms with Crippen molar-refractivity contribution in [3.05, 3.63) is 159 Å². The van der Waals surface area contributed by atoms with Crippen molar-refractivity contribution >= 4 is 28.8 Å². The van der Waals surface area contributed by atoms with E-state index < -0.39 is 0 Å². The van der Waals surface area contributed by atoms with Crippen molar-refractivity contribution < 1.29 is 0 Å². The molecule has 1 nitrogen and oxygen atoms in total. The first-order valence-corrected chi connectivity index (χ1v) is 18.1. The Morgan fingerprint density at radius 1 is 0.521 bits per heavy atom. The summed E-state index contributed by atoms with van der Waals surface area (Å²) in [6.45, 7) is 24.3. The molecule has 0 N–H and O–H groups in total. The highest BCUT2D eigenvalue weighted by Gasteiger charge is 2.51. The molecule has 0 bridgehead atoms. The van der Waals surface area contributed by atoms with Gasteiger partial charge in [-0.3, -0.25) is 0 Å². The van der Waals surface area contributed by atoms with Gasteiger partial charge in [-0.15, -0.1) is 0 Å². The van der Waals surface area contributed by atoms with Crippen LogP contribution in [0.2, 0.25) is 0 Å². The van der Waals surface area contributed by atoms with Crippen LogP contribution in [0.3, 0.4) is 0 Å². The molecule has 2 heteroatoms. The average Bonchev–Trinajstić information content (AvgIpc) is 3.30. The smallest absolute Gasteiger partial charge is 0.242 e. The summed E-state index contributed by atoms with van der Waals surface area (Å²) in [7, 11) is 0. The summed E-state index contributed by atoms with van der Waals surface area (Å²) in [5.74, 6) is 0.798. The maximum atomic E-state index is 2.74. The largest absolute Gasteiger partial charge is 0.345 e. The first kappa shape index (κ1) is 31.2. The summed E-state index contributed by atoms with van der Waals surface area (Å²) >= 11 is 0. The van der Waals surface area contributed by atoms with Crippen LogP contribution in [0.4, 0.5) is 5.69 Å². The van der Waals surface area contributed by atoms with Crippen LogP contribution in [-0.2, 0) is 16.4 Å². The minimum atomic E-state index is -0.236. The molecule has 0 aromatic heterocycles. The molecule has 0 atom stereocenters. The average molecular weight is 627 g/mol. The lowest BCUT2D eigenvalue weighted by atomic mass is 9.27. The monoisotopic (exact) mass is 626 g/mol. The summed E-state index contributed by atoms with van der Waals surface area (Å²) in [6.07, 6.45) is 0. The summed E-state index contributed by atoms with van der Waals surface area (Å²) in [4.78, 5) is 2.74. The van der Waals surface area contributed by atoms with Gasteiger partial charge in [-0.1, -0.05) is 175 Å². The Labute approximate surface area is 289 Å². The van der Waals surface area contributed by atoms with E-state index in [4.69, 9.17) is 0 Å². The maximum Gasteiger partial charge on any atom is 0.242 e. The summed E-state index contributed by atoms with van der Waals surface area (Å²) in [5, 5.41) is 0. The number of nitrogens with zero attached hydrogens (tertiary/aromatic N) is 1. The van der Waals surface area contributed by atoms with Crippen molar-refractivity contribution in [3.8, 4) is 0 Å². The Morgan fingerprint density at radius 2 is 0.979 bits per heavy atom. The molecule has 8 rings (SSSR count). The lowest BCUT2D eigenvalue weighted by Gasteiger charge is -2.47. The normalized spacial score (nSPS) is 18.1. The molecular formula is C46H49BN. The molecule has 0 saturated carbocycles. The van der Waals surface area contributed by atoms with Crippen molar-refractivity contribution in [1.29, 1.82) is 0 Å². The van der Waals surface area contributed by atoms with Gasteiger partial charge in [0.25, 0.3) is 0 Å². The van der Waals surface area contributed by atoms with E-state index in [0.717, 1.165) is 0 Å². The van der Waals surface area contributed by atoms with Crippen molar-refractivity contribution in [2.75, 3.05) is 4.90 Å². The second kappa shape index (κ2) is 10.5. The molecule has 5 aromatic rings. The molecule has 0 amide bonds. The zero-order valence-electron chi connectivity index (χ0n) is 30.5. The maximum absolute atomic E-state index is 2.74. The molecule has 241 valence electrons. The van der Waals surface area contributed by atoms with E-state index in [1.165, 1.54) is 78.2 Å². The van der Waals surface area contributed by atoms with Gasteiger partial charge in [0.2, 0.25) is 6.71 Å². The Hall–Kier alpha value is -4.04. The molecule has 3 heterocycles. The highest BCUT2D eigenvalue weighted by molar-refractivity contribution is 6.97. The third-order valence-electron chi connectivity index (χ3n) is 12.2. The molecule has 1 radical (unpaired) electrons. The lowest BCUT2D eigenvalue weighted by Crippen LogP contribution is -2.66. The second-order valence-electron chi connectivity index (χ2n) is 16.7. The van der Waals surface area contributed by atoms with Gasteiger partial charge >= 0.3 is 0 Å². The summed E-state index contributed by atoms with van der Waals surface area (Å²) in [6, 6.07) is 41.2. The first-order chi connectivity index (χ1) is 22.8. The fraction of sp³-hybridized carbons (Fsp3) is 0.326. The molecular weight excluding hydrogens is 577 g/mol. The van der Waals surface area contributed by atoms with E-state index in [0.29, 0.717) is 11.8 Å². The zero-order chi connectivity index (χ0) is 33.9. The molecule has 0 fully saturated rings. The van der Waals surface area contributed by atoms with E-state index in [2.05, 4.69) is 177 Å². The van der Waals surface area contributed by atoms with Crippen LogP contribution < -0.4 is 21.3 Å².